The monoisotopic (exact) mass is 319 g/mol. The number of aromatic nitrogens is 2. The Morgan fingerprint density at radius 2 is 1.96 bits per heavy atom. The third-order valence-electron chi connectivity index (χ3n) is 5.65. The Hall–Kier alpha value is -1.85. The molecule has 1 aliphatic carbocycles. The molecule has 23 heavy (non-hydrogen) atoms. The summed E-state index contributed by atoms with van der Waals surface area (Å²) in [5.41, 5.74) is 2.76. The number of carboxylic acid groups (broad SMARTS) is 1. The van der Waals surface area contributed by atoms with Crippen LogP contribution in [-0.2, 0) is 23.1 Å². The van der Waals surface area contributed by atoms with Crippen LogP contribution in [0.25, 0.3) is 0 Å². The highest BCUT2D eigenvalue weighted by Crippen LogP contribution is 2.40. The molecule has 0 radical (unpaired) electrons. The molecule has 0 aromatic carbocycles. The lowest BCUT2D eigenvalue weighted by Crippen LogP contribution is -2.47. The summed E-state index contributed by atoms with van der Waals surface area (Å²) in [6.07, 6.45) is 5.07. The van der Waals surface area contributed by atoms with Crippen LogP contribution >= 0.6 is 0 Å². The van der Waals surface area contributed by atoms with Crippen molar-refractivity contribution in [1.29, 1.82) is 0 Å². The summed E-state index contributed by atoms with van der Waals surface area (Å²) in [6, 6.07) is -0.553. The predicted octanol–water partition coefficient (Wildman–Crippen LogP) is 1.82. The van der Waals surface area contributed by atoms with E-state index in [4.69, 9.17) is 0 Å². The van der Waals surface area contributed by atoms with Gasteiger partial charge >= 0.3 is 5.97 Å². The van der Waals surface area contributed by atoms with Crippen molar-refractivity contribution >= 4 is 11.9 Å². The molecule has 6 nitrogen and oxygen atoms in total. The zero-order valence-corrected chi connectivity index (χ0v) is 14.1. The van der Waals surface area contributed by atoms with E-state index in [9.17, 15) is 14.7 Å². The molecule has 0 unspecified atom stereocenters. The molecule has 1 aliphatic heterocycles. The minimum Gasteiger partial charge on any atom is -0.480 e. The molecule has 1 amide bonds. The van der Waals surface area contributed by atoms with E-state index in [0.29, 0.717) is 12.3 Å². The van der Waals surface area contributed by atoms with E-state index >= 15 is 0 Å². The van der Waals surface area contributed by atoms with Crippen LogP contribution in [0.5, 0.6) is 0 Å². The third kappa shape index (κ3) is 2.75. The topological polar surface area (TPSA) is 75.4 Å². The summed E-state index contributed by atoms with van der Waals surface area (Å²) in [7, 11) is 1.86. The van der Waals surface area contributed by atoms with Crippen LogP contribution in [0, 0.1) is 19.8 Å². The molecule has 1 aromatic rings. The highest BCUT2D eigenvalue weighted by atomic mass is 16.4. The second-order valence-electron chi connectivity index (χ2n) is 6.95. The molecule has 6 heteroatoms. The van der Waals surface area contributed by atoms with Gasteiger partial charge in [0, 0.05) is 24.3 Å². The first kappa shape index (κ1) is 16.0. The molecule has 1 saturated heterocycles. The first-order valence-electron chi connectivity index (χ1n) is 8.43. The maximum atomic E-state index is 12.9. The number of carboxylic acids is 1. The normalized spacial score (nSPS) is 27.1. The zero-order valence-electron chi connectivity index (χ0n) is 14.1. The quantitative estimate of drug-likeness (QED) is 0.922. The molecule has 0 bridgehead atoms. The van der Waals surface area contributed by atoms with Crippen molar-refractivity contribution in [2.45, 2.75) is 64.5 Å². The number of amides is 1. The second kappa shape index (κ2) is 5.98. The summed E-state index contributed by atoms with van der Waals surface area (Å²) in [5, 5.41) is 13.9. The van der Waals surface area contributed by atoms with Crippen molar-refractivity contribution < 1.29 is 14.7 Å². The van der Waals surface area contributed by atoms with Gasteiger partial charge in [0.25, 0.3) is 0 Å². The van der Waals surface area contributed by atoms with E-state index in [1.54, 1.807) is 9.58 Å². The van der Waals surface area contributed by atoms with Gasteiger partial charge in [0.05, 0.1) is 12.1 Å². The average molecular weight is 319 g/mol. The van der Waals surface area contributed by atoms with Crippen LogP contribution in [0.4, 0.5) is 0 Å². The van der Waals surface area contributed by atoms with Crippen molar-refractivity contribution in [3.8, 4) is 0 Å². The van der Waals surface area contributed by atoms with Gasteiger partial charge < -0.3 is 10.0 Å². The van der Waals surface area contributed by atoms with Crippen molar-refractivity contribution in [3.63, 3.8) is 0 Å². The fourth-order valence-electron chi connectivity index (χ4n) is 4.36. The second-order valence-corrected chi connectivity index (χ2v) is 6.95. The Morgan fingerprint density at radius 3 is 2.57 bits per heavy atom. The lowest BCUT2D eigenvalue weighted by Gasteiger charge is -2.33. The number of nitrogens with zero attached hydrogens (tertiary/aromatic N) is 3. The van der Waals surface area contributed by atoms with E-state index in [-0.39, 0.29) is 18.4 Å². The third-order valence-corrected chi connectivity index (χ3v) is 5.65. The average Bonchev–Trinajstić information content (AvgIpc) is 3.00. The Labute approximate surface area is 136 Å². The van der Waals surface area contributed by atoms with Crippen LogP contribution in [0.1, 0.15) is 49.1 Å². The smallest absolute Gasteiger partial charge is 0.326 e. The molecule has 2 fully saturated rings. The highest BCUT2D eigenvalue weighted by molar-refractivity contribution is 5.86. The molecule has 1 N–H and O–H groups in total. The van der Waals surface area contributed by atoms with Gasteiger partial charge in [0.15, 0.2) is 0 Å². The maximum absolute atomic E-state index is 12.9. The highest BCUT2D eigenvalue weighted by Gasteiger charge is 2.47. The van der Waals surface area contributed by atoms with Crippen LogP contribution in [0.15, 0.2) is 0 Å². The summed E-state index contributed by atoms with van der Waals surface area (Å²) in [6.45, 7) is 3.85. The summed E-state index contributed by atoms with van der Waals surface area (Å²) in [4.78, 5) is 26.2. The minimum atomic E-state index is -0.868. The number of likely N-dealkylation sites (tertiary alicyclic amines) is 1. The molecule has 2 heterocycles. The SMILES string of the molecule is Cc1nn(C)c(C)c1CC(=O)N1[C@@H]2CCCC[C@@H]2C[C@H]1C(=O)O. The number of aliphatic carboxylic acids is 1. The van der Waals surface area contributed by atoms with Crippen molar-refractivity contribution in [3.05, 3.63) is 17.0 Å². The minimum absolute atomic E-state index is 0.0639. The number of rotatable bonds is 3. The molecule has 3 atom stereocenters. The fourth-order valence-corrected chi connectivity index (χ4v) is 4.36. The molecule has 2 aliphatic rings. The standard InChI is InChI=1S/C17H25N3O3/c1-10-13(11(2)19(3)18-10)9-16(21)20-14-7-5-4-6-12(14)8-15(20)17(22)23/h12,14-15H,4-9H2,1-3H3,(H,22,23)/t12-,14-,15+/m1/s1. The maximum Gasteiger partial charge on any atom is 0.326 e. The van der Waals surface area contributed by atoms with E-state index in [1.807, 2.05) is 20.9 Å². The van der Waals surface area contributed by atoms with Crippen LogP contribution < -0.4 is 0 Å². The van der Waals surface area contributed by atoms with Gasteiger partial charge in [-0.3, -0.25) is 9.48 Å². The summed E-state index contributed by atoms with van der Waals surface area (Å²) >= 11 is 0. The van der Waals surface area contributed by atoms with Crippen molar-refractivity contribution in [2.75, 3.05) is 0 Å². The number of carbonyl (C=O) groups excluding carboxylic acids is 1. The van der Waals surface area contributed by atoms with Crippen LogP contribution in [0.3, 0.4) is 0 Å². The van der Waals surface area contributed by atoms with Gasteiger partial charge in [-0.1, -0.05) is 12.8 Å². The Kier molecular flexibility index (Phi) is 4.17. The molecular weight excluding hydrogens is 294 g/mol. The summed E-state index contributed by atoms with van der Waals surface area (Å²) < 4.78 is 1.78. The van der Waals surface area contributed by atoms with Crippen molar-refractivity contribution in [2.24, 2.45) is 13.0 Å². The van der Waals surface area contributed by atoms with Gasteiger partial charge in [-0.2, -0.15) is 5.10 Å². The van der Waals surface area contributed by atoms with E-state index in [1.165, 1.54) is 0 Å². The largest absolute Gasteiger partial charge is 0.480 e. The van der Waals surface area contributed by atoms with Crippen molar-refractivity contribution in [1.82, 2.24) is 14.7 Å². The number of hydrogen-bond donors (Lipinski definition) is 1. The molecule has 0 spiro atoms. The Bertz CT molecular complexity index is 637. The van der Waals surface area contributed by atoms with Gasteiger partial charge in [-0.25, -0.2) is 4.79 Å². The van der Waals surface area contributed by atoms with Gasteiger partial charge in [-0.15, -0.1) is 0 Å². The van der Waals surface area contributed by atoms with Crippen LogP contribution in [0.2, 0.25) is 0 Å². The van der Waals surface area contributed by atoms with E-state index in [2.05, 4.69) is 5.10 Å². The van der Waals surface area contributed by atoms with Crippen LogP contribution in [-0.4, -0.2) is 43.7 Å². The van der Waals surface area contributed by atoms with E-state index in [0.717, 1.165) is 42.6 Å². The fraction of sp³-hybridized carbons (Fsp3) is 0.706. The number of hydrogen-bond acceptors (Lipinski definition) is 3. The number of aryl methyl sites for hydroxylation is 2. The van der Waals surface area contributed by atoms with Gasteiger partial charge in [0.2, 0.25) is 5.91 Å². The van der Waals surface area contributed by atoms with Gasteiger partial charge in [0.1, 0.15) is 6.04 Å². The van der Waals surface area contributed by atoms with Gasteiger partial charge in [-0.05, 0) is 39.0 Å². The molecule has 126 valence electrons. The molecule has 3 rings (SSSR count). The lowest BCUT2D eigenvalue weighted by molar-refractivity contribution is -0.149. The Morgan fingerprint density at radius 1 is 1.26 bits per heavy atom. The first-order chi connectivity index (χ1) is 10.9. The van der Waals surface area contributed by atoms with E-state index < -0.39 is 12.0 Å². The number of carbonyl (C=O) groups is 2. The molecule has 1 saturated carbocycles. The predicted molar refractivity (Wildman–Crippen MR) is 85.0 cm³/mol. The molecular formula is C17H25N3O3. The molecule has 1 aromatic heterocycles. The summed E-state index contributed by atoms with van der Waals surface area (Å²) in [5.74, 6) is -0.580. The Balaban J connectivity index is 1.85. The first-order valence-corrected chi connectivity index (χ1v) is 8.43. The lowest BCUT2D eigenvalue weighted by atomic mass is 9.84. The number of fused-ring (bicyclic) bond motifs is 1. The zero-order chi connectivity index (χ0) is 16.7.